The molecule has 0 fully saturated rings. The molecule has 2 N–H and O–H groups in total. The number of nitrogen functional groups attached to an aromatic ring is 1. The van der Waals surface area contributed by atoms with Gasteiger partial charge in [-0.25, -0.2) is 8.42 Å². The number of anilines is 1. The summed E-state index contributed by atoms with van der Waals surface area (Å²) < 4.78 is 28.1. The lowest BCUT2D eigenvalue weighted by Crippen LogP contribution is -2.37. The molecule has 2 heterocycles. The highest BCUT2D eigenvalue weighted by Crippen LogP contribution is 2.27. The second-order valence-corrected chi connectivity index (χ2v) is 6.75. The second kappa shape index (κ2) is 4.60. The Labute approximate surface area is 117 Å². The summed E-state index contributed by atoms with van der Waals surface area (Å²) in [5.41, 5.74) is 8.64. The van der Waals surface area contributed by atoms with Crippen molar-refractivity contribution in [3.63, 3.8) is 0 Å². The summed E-state index contributed by atoms with van der Waals surface area (Å²) in [6, 6.07) is 7.22. The third kappa shape index (κ3) is 1.99. The van der Waals surface area contributed by atoms with Gasteiger partial charge in [-0.1, -0.05) is 12.1 Å². The standard InChI is InChI=1S/C13H16N4O2S/c1-16-13(5-7-15-16)20(18,19)17-8-6-10-3-2-4-12(14)11(10)9-17/h2-5,7H,6,8-9,14H2,1H3. The number of fused-ring (bicyclic) bond motifs is 1. The number of hydrogen-bond acceptors (Lipinski definition) is 4. The molecule has 0 amide bonds. The van der Waals surface area contributed by atoms with Gasteiger partial charge in [0.15, 0.2) is 5.03 Å². The van der Waals surface area contributed by atoms with Crippen molar-refractivity contribution in [3.05, 3.63) is 41.6 Å². The highest BCUT2D eigenvalue weighted by Gasteiger charge is 2.30. The van der Waals surface area contributed by atoms with Crippen LogP contribution in [0.3, 0.4) is 0 Å². The van der Waals surface area contributed by atoms with E-state index in [1.165, 1.54) is 21.3 Å². The summed E-state index contributed by atoms with van der Waals surface area (Å²) in [5, 5.41) is 4.13. The maximum absolute atomic E-state index is 12.6. The number of nitrogens with two attached hydrogens (primary N) is 1. The SMILES string of the molecule is Cn1nccc1S(=O)(=O)N1CCc2cccc(N)c2C1. The number of sulfonamides is 1. The molecular weight excluding hydrogens is 276 g/mol. The van der Waals surface area contributed by atoms with Gasteiger partial charge in [-0.3, -0.25) is 4.68 Å². The number of hydrogen-bond donors (Lipinski definition) is 1. The molecule has 7 heteroatoms. The fourth-order valence-corrected chi connectivity index (χ4v) is 4.04. The number of aromatic nitrogens is 2. The monoisotopic (exact) mass is 292 g/mol. The van der Waals surface area contributed by atoms with Gasteiger partial charge in [-0.2, -0.15) is 9.40 Å². The highest BCUT2D eigenvalue weighted by atomic mass is 32.2. The van der Waals surface area contributed by atoms with Crippen LogP contribution in [0.15, 0.2) is 35.5 Å². The molecule has 20 heavy (non-hydrogen) atoms. The number of benzene rings is 1. The Morgan fingerprint density at radius 3 is 2.80 bits per heavy atom. The van der Waals surface area contributed by atoms with Gasteiger partial charge in [-0.15, -0.1) is 0 Å². The normalized spacial score (nSPS) is 16.1. The maximum Gasteiger partial charge on any atom is 0.260 e. The molecule has 0 bridgehead atoms. The topological polar surface area (TPSA) is 81.2 Å². The average molecular weight is 292 g/mol. The first-order valence-corrected chi connectivity index (χ1v) is 7.78. The molecule has 1 aromatic carbocycles. The molecule has 0 spiro atoms. The average Bonchev–Trinajstić information content (AvgIpc) is 2.86. The fraction of sp³-hybridized carbons (Fsp3) is 0.308. The van der Waals surface area contributed by atoms with E-state index in [2.05, 4.69) is 5.10 Å². The minimum absolute atomic E-state index is 0.204. The van der Waals surface area contributed by atoms with Crippen molar-refractivity contribution in [2.24, 2.45) is 7.05 Å². The quantitative estimate of drug-likeness (QED) is 0.828. The molecule has 0 saturated heterocycles. The fourth-order valence-electron chi connectivity index (χ4n) is 2.53. The van der Waals surface area contributed by atoms with Crippen molar-refractivity contribution >= 4 is 15.7 Å². The van der Waals surface area contributed by atoms with E-state index in [9.17, 15) is 8.42 Å². The number of nitrogens with zero attached hydrogens (tertiary/aromatic N) is 3. The van der Waals surface area contributed by atoms with Crippen LogP contribution in [-0.2, 0) is 30.0 Å². The molecule has 1 aliphatic rings. The van der Waals surface area contributed by atoms with Crippen LogP contribution in [-0.4, -0.2) is 29.0 Å². The minimum atomic E-state index is -3.53. The molecule has 0 aliphatic carbocycles. The summed E-state index contributed by atoms with van der Waals surface area (Å²) >= 11 is 0. The molecule has 1 aromatic heterocycles. The van der Waals surface area contributed by atoms with E-state index in [0.717, 1.165) is 11.1 Å². The molecular formula is C13H16N4O2S. The van der Waals surface area contributed by atoms with Crippen LogP contribution < -0.4 is 5.73 Å². The molecule has 1 aliphatic heterocycles. The first-order valence-electron chi connectivity index (χ1n) is 6.34. The predicted molar refractivity (Wildman–Crippen MR) is 75.4 cm³/mol. The van der Waals surface area contributed by atoms with E-state index in [-0.39, 0.29) is 5.03 Å². The van der Waals surface area contributed by atoms with Crippen LogP contribution >= 0.6 is 0 Å². The third-order valence-electron chi connectivity index (χ3n) is 3.65. The van der Waals surface area contributed by atoms with Crippen LogP contribution in [0, 0.1) is 0 Å². The third-order valence-corrected chi connectivity index (χ3v) is 5.57. The predicted octanol–water partition coefficient (Wildman–Crippen LogP) is 0.749. The smallest absolute Gasteiger partial charge is 0.260 e. The molecule has 0 atom stereocenters. The molecule has 3 rings (SSSR count). The Morgan fingerprint density at radius 1 is 1.30 bits per heavy atom. The zero-order valence-corrected chi connectivity index (χ0v) is 12.0. The summed E-state index contributed by atoms with van der Waals surface area (Å²) in [7, 11) is -1.91. The van der Waals surface area contributed by atoms with Crippen molar-refractivity contribution in [1.82, 2.24) is 14.1 Å². The van der Waals surface area contributed by atoms with Crippen molar-refractivity contribution in [1.29, 1.82) is 0 Å². The van der Waals surface area contributed by atoms with Gasteiger partial charge in [0, 0.05) is 25.8 Å². The van der Waals surface area contributed by atoms with E-state index >= 15 is 0 Å². The Hall–Kier alpha value is -1.86. The van der Waals surface area contributed by atoms with E-state index < -0.39 is 10.0 Å². The Bertz CT molecular complexity index is 751. The Balaban J connectivity index is 1.98. The maximum atomic E-state index is 12.6. The summed E-state index contributed by atoms with van der Waals surface area (Å²) in [5.74, 6) is 0. The van der Waals surface area contributed by atoms with Crippen LogP contribution in [0.1, 0.15) is 11.1 Å². The Morgan fingerprint density at radius 2 is 2.10 bits per heavy atom. The first-order chi connectivity index (χ1) is 9.50. The van der Waals surface area contributed by atoms with Gasteiger partial charge in [0.25, 0.3) is 10.0 Å². The molecule has 0 unspecified atom stereocenters. The van der Waals surface area contributed by atoms with Crippen LogP contribution in [0.4, 0.5) is 5.69 Å². The van der Waals surface area contributed by atoms with Crippen LogP contribution in [0.25, 0.3) is 0 Å². The van der Waals surface area contributed by atoms with Crippen LogP contribution in [0.5, 0.6) is 0 Å². The second-order valence-electron chi connectivity index (χ2n) is 4.87. The molecule has 2 aromatic rings. The van der Waals surface area contributed by atoms with Gasteiger partial charge in [0.1, 0.15) is 0 Å². The van der Waals surface area contributed by atoms with Crippen molar-refractivity contribution < 1.29 is 8.42 Å². The molecule has 106 valence electrons. The van der Waals surface area contributed by atoms with E-state index in [0.29, 0.717) is 25.2 Å². The van der Waals surface area contributed by atoms with E-state index in [1.807, 2.05) is 12.1 Å². The Kier molecular flexibility index (Phi) is 3.02. The summed E-state index contributed by atoms with van der Waals surface area (Å²) in [4.78, 5) is 0. The van der Waals surface area contributed by atoms with Crippen molar-refractivity contribution in [2.75, 3.05) is 12.3 Å². The lowest BCUT2D eigenvalue weighted by molar-refractivity contribution is 0.387. The van der Waals surface area contributed by atoms with Gasteiger partial charge in [-0.05, 0) is 29.7 Å². The minimum Gasteiger partial charge on any atom is -0.398 e. The molecule has 0 radical (unpaired) electrons. The summed E-state index contributed by atoms with van der Waals surface area (Å²) in [6.07, 6.45) is 2.16. The zero-order chi connectivity index (χ0) is 14.3. The van der Waals surface area contributed by atoms with Crippen molar-refractivity contribution in [2.45, 2.75) is 18.0 Å². The molecule has 0 saturated carbocycles. The first kappa shape index (κ1) is 13.1. The number of aryl methyl sites for hydroxylation is 1. The van der Waals surface area contributed by atoms with Gasteiger partial charge >= 0.3 is 0 Å². The molecule has 6 nitrogen and oxygen atoms in total. The van der Waals surface area contributed by atoms with Gasteiger partial charge < -0.3 is 5.73 Å². The lowest BCUT2D eigenvalue weighted by atomic mass is 10.00. The van der Waals surface area contributed by atoms with Crippen LogP contribution in [0.2, 0.25) is 0 Å². The van der Waals surface area contributed by atoms with E-state index in [1.54, 1.807) is 13.1 Å². The number of rotatable bonds is 2. The summed E-state index contributed by atoms with van der Waals surface area (Å²) in [6.45, 7) is 0.777. The largest absolute Gasteiger partial charge is 0.398 e. The van der Waals surface area contributed by atoms with Crippen molar-refractivity contribution in [3.8, 4) is 0 Å². The lowest BCUT2D eigenvalue weighted by Gasteiger charge is -2.28. The van der Waals surface area contributed by atoms with Gasteiger partial charge in [0.2, 0.25) is 0 Å². The zero-order valence-electron chi connectivity index (χ0n) is 11.2. The highest BCUT2D eigenvalue weighted by molar-refractivity contribution is 7.89. The van der Waals surface area contributed by atoms with Gasteiger partial charge in [0.05, 0.1) is 6.20 Å². The van der Waals surface area contributed by atoms with E-state index in [4.69, 9.17) is 5.73 Å².